The summed E-state index contributed by atoms with van der Waals surface area (Å²) in [5, 5.41) is 0. The molecule has 0 N–H and O–H groups in total. The highest BCUT2D eigenvalue weighted by Crippen LogP contribution is 2.69. The summed E-state index contributed by atoms with van der Waals surface area (Å²) in [5.74, 6) is -3.23. The molecule has 0 aliphatic heterocycles. The van der Waals surface area contributed by atoms with Gasteiger partial charge in [-0.1, -0.05) is 147 Å². The van der Waals surface area contributed by atoms with Crippen LogP contribution in [0.3, 0.4) is 0 Å². The number of unbranched alkanes of at least 4 members (excludes halogenated alkanes) is 10. The number of nitrogens with zero attached hydrogens (tertiary/aromatic N) is 1. The van der Waals surface area contributed by atoms with Gasteiger partial charge >= 0.3 is 18.3 Å². The molecule has 4 saturated carbocycles. The third kappa shape index (κ3) is 14.8. The molecule has 414 valence electrons. The fraction of sp³-hybridized carbons (Fsp3) is 0.733. The molecule has 4 fully saturated rings. The van der Waals surface area contributed by atoms with Gasteiger partial charge in [0.05, 0.1) is 25.4 Å². The average Bonchev–Trinajstić information content (AvgIpc) is 3.72. The van der Waals surface area contributed by atoms with Gasteiger partial charge in [-0.25, -0.2) is 0 Å². The molecule has 0 heterocycles. The molecule has 0 unspecified atom stereocenters. The van der Waals surface area contributed by atoms with E-state index < -0.39 is 40.5 Å². The Morgan fingerprint density at radius 3 is 1.69 bits per heavy atom. The second-order valence-corrected chi connectivity index (χ2v) is 23.1. The number of alkyl halides is 6. The average molecular weight is 1050 g/mol. The number of amides is 1. The Labute approximate surface area is 437 Å². The summed E-state index contributed by atoms with van der Waals surface area (Å²) in [7, 11) is 0. The van der Waals surface area contributed by atoms with E-state index in [9.17, 15) is 45.5 Å². The number of Topliss-reactive ketones (excluding diaryl/α,β-unsaturated/α-hetero) is 2. The Morgan fingerprint density at radius 1 is 0.662 bits per heavy atom. The van der Waals surface area contributed by atoms with Crippen LogP contribution in [-0.2, 0) is 37.0 Å². The van der Waals surface area contributed by atoms with E-state index >= 15 is 0 Å². The van der Waals surface area contributed by atoms with Crippen molar-refractivity contribution in [2.24, 2.45) is 46.3 Å². The number of carbonyl (C=O) groups excluding carboxylic acids is 4. The van der Waals surface area contributed by atoms with Crippen molar-refractivity contribution in [3.63, 3.8) is 0 Å². The first kappa shape index (κ1) is 59.5. The number of rotatable bonds is 27. The van der Waals surface area contributed by atoms with Gasteiger partial charge in [-0.2, -0.15) is 26.3 Å². The van der Waals surface area contributed by atoms with E-state index in [0.29, 0.717) is 43.2 Å². The molecule has 0 bridgehead atoms. The SMILES string of the molecule is CCCCCCCCN(CCCCCCCC)C(=O)CC[C@@H](C)[C@H]1CC[C@H]2[C@@H]3[C@H](OCc4ccc(C(=O)C(F)(F)F)cc4)C[C@@H]4C[C@H](OC(C)=O)CC[C@]4(C)[C@H]3C[C@@H](OCc3ccc(C(=O)C(F)(F)F)cc3)[C@]12C. The van der Waals surface area contributed by atoms with Gasteiger partial charge < -0.3 is 19.1 Å². The van der Waals surface area contributed by atoms with E-state index in [-0.39, 0.29) is 84.3 Å². The lowest BCUT2D eigenvalue weighted by Gasteiger charge is -2.64. The van der Waals surface area contributed by atoms with Crippen LogP contribution in [0, 0.1) is 46.3 Å². The fourth-order valence-corrected chi connectivity index (χ4v) is 14.3. The topological polar surface area (TPSA) is 99.2 Å². The van der Waals surface area contributed by atoms with Gasteiger partial charge in [0.1, 0.15) is 6.10 Å². The van der Waals surface area contributed by atoms with Crippen molar-refractivity contribution in [3.05, 3.63) is 70.8 Å². The van der Waals surface area contributed by atoms with Gasteiger partial charge in [0.25, 0.3) is 11.6 Å². The lowest BCUT2D eigenvalue weighted by molar-refractivity contribution is -0.231. The molecule has 11 atom stereocenters. The Balaban J connectivity index is 1.28. The predicted octanol–water partition coefficient (Wildman–Crippen LogP) is 15.4. The largest absolute Gasteiger partial charge is 0.463 e. The maximum atomic E-state index is 14.3. The molecule has 0 spiro atoms. The molecule has 14 heteroatoms. The Kier molecular flexibility index (Phi) is 21.3. The highest BCUT2D eigenvalue weighted by Gasteiger charge is 2.67. The quantitative estimate of drug-likeness (QED) is 0.0380. The van der Waals surface area contributed by atoms with Crippen molar-refractivity contribution in [3.8, 4) is 0 Å². The minimum atomic E-state index is -4.99. The summed E-state index contributed by atoms with van der Waals surface area (Å²) in [6.07, 6.45) is 9.62. The maximum absolute atomic E-state index is 14.3. The molecule has 4 aliphatic rings. The van der Waals surface area contributed by atoms with Gasteiger partial charge in [0, 0.05) is 43.0 Å². The third-order valence-corrected chi connectivity index (χ3v) is 18.4. The van der Waals surface area contributed by atoms with E-state index in [1.54, 1.807) is 0 Å². The number of hydrogen-bond donors (Lipinski definition) is 0. The summed E-state index contributed by atoms with van der Waals surface area (Å²) in [5.41, 5.74) is -0.186. The first-order valence-corrected chi connectivity index (χ1v) is 28.2. The predicted molar refractivity (Wildman–Crippen MR) is 274 cm³/mol. The molecule has 2 aromatic rings. The minimum absolute atomic E-state index is 0.0640. The van der Waals surface area contributed by atoms with Gasteiger partial charge in [-0.3, -0.25) is 19.2 Å². The second-order valence-electron chi connectivity index (χ2n) is 23.1. The summed E-state index contributed by atoms with van der Waals surface area (Å²) < 4.78 is 99.9. The number of hydrogen-bond acceptors (Lipinski definition) is 7. The maximum Gasteiger partial charge on any atom is 0.454 e. The van der Waals surface area contributed by atoms with Gasteiger partial charge in [0.2, 0.25) is 5.91 Å². The fourth-order valence-electron chi connectivity index (χ4n) is 14.3. The smallest absolute Gasteiger partial charge is 0.454 e. The van der Waals surface area contributed by atoms with E-state index in [4.69, 9.17) is 14.2 Å². The molecule has 0 saturated heterocycles. The monoisotopic (exact) mass is 1050 g/mol. The summed E-state index contributed by atoms with van der Waals surface area (Å²) in [6, 6.07) is 10.9. The zero-order valence-electron chi connectivity index (χ0n) is 45.1. The normalized spacial score (nSPS) is 28.2. The number of fused-ring (bicyclic) bond motifs is 5. The molecule has 1 amide bonds. The molecule has 74 heavy (non-hydrogen) atoms. The van der Waals surface area contributed by atoms with Crippen LogP contribution < -0.4 is 0 Å². The summed E-state index contributed by atoms with van der Waals surface area (Å²) in [6.45, 7) is 14.6. The zero-order chi connectivity index (χ0) is 53.8. The second kappa shape index (κ2) is 26.5. The summed E-state index contributed by atoms with van der Waals surface area (Å²) in [4.78, 5) is 52.7. The number of halogens is 6. The van der Waals surface area contributed by atoms with Crippen LogP contribution in [0.5, 0.6) is 0 Å². The van der Waals surface area contributed by atoms with E-state index in [2.05, 4.69) is 39.5 Å². The lowest BCUT2D eigenvalue weighted by atomic mass is 9.43. The Morgan fingerprint density at radius 2 is 1.18 bits per heavy atom. The van der Waals surface area contributed by atoms with E-state index in [1.807, 2.05) is 0 Å². The molecule has 0 aromatic heterocycles. The number of benzene rings is 2. The third-order valence-electron chi connectivity index (χ3n) is 18.4. The van der Waals surface area contributed by atoms with Crippen LogP contribution in [0.15, 0.2) is 48.5 Å². The molecular formula is C60H85F6NO7. The van der Waals surface area contributed by atoms with Crippen LogP contribution in [0.25, 0.3) is 0 Å². The van der Waals surface area contributed by atoms with E-state index in [0.717, 1.165) is 64.5 Å². The van der Waals surface area contributed by atoms with Crippen molar-refractivity contribution < 1.29 is 59.7 Å². The first-order valence-electron chi connectivity index (χ1n) is 28.2. The van der Waals surface area contributed by atoms with Crippen LogP contribution in [0.1, 0.15) is 208 Å². The van der Waals surface area contributed by atoms with Crippen LogP contribution in [0.4, 0.5) is 26.3 Å². The molecule has 2 aromatic carbocycles. The molecule has 6 rings (SSSR count). The standard InChI is InChI=1S/C60H85F6NO7/c1-7-9-11-13-15-17-33-67(34-18-16-14-12-10-8-2)53(69)30-19-40(3)48-28-29-49-54-50(37-52(58(48,49)6)73-39-43-22-26-45(27-23-43)56(71)60(64,65)66)57(5)32-31-47(74-41(4)68)35-46(57)36-51(54)72-38-42-20-24-44(25-21-42)55(70)59(61,62)63/h20-27,40,46-52,54H,7-19,28-39H2,1-6H3/t40-,46+,47-,48-,49+,50+,51-,52-,54+,57+,58-/m1/s1. The van der Waals surface area contributed by atoms with Gasteiger partial charge in [-0.05, 0) is 116 Å². The van der Waals surface area contributed by atoms with Crippen molar-refractivity contribution in [2.75, 3.05) is 13.1 Å². The van der Waals surface area contributed by atoms with Crippen molar-refractivity contribution >= 4 is 23.4 Å². The van der Waals surface area contributed by atoms with Crippen molar-refractivity contribution in [1.82, 2.24) is 4.90 Å². The zero-order valence-corrected chi connectivity index (χ0v) is 45.1. The number of esters is 1. The molecule has 0 radical (unpaired) electrons. The Hall–Kier alpha value is -3.78. The molecular weight excluding hydrogens is 961 g/mol. The van der Waals surface area contributed by atoms with Gasteiger partial charge in [-0.15, -0.1) is 0 Å². The lowest BCUT2D eigenvalue weighted by Crippen LogP contribution is -2.63. The van der Waals surface area contributed by atoms with Crippen LogP contribution in [-0.4, -0.2) is 72.1 Å². The van der Waals surface area contributed by atoms with Gasteiger partial charge in [0.15, 0.2) is 0 Å². The Bertz CT molecular complexity index is 2110. The molecule has 4 aliphatic carbocycles. The van der Waals surface area contributed by atoms with Crippen LogP contribution in [0.2, 0.25) is 0 Å². The van der Waals surface area contributed by atoms with Crippen molar-refractivity contribution in [1.29, 1.82) is 0 Å². The molecule has 8 nitrogen and oxygen atoms in total. The van der Waals surface area contributed by atoms with Crippen LogP contribution >= 0.6 is 0 Å². The minimum Gasteiger partial charge on any atom is -0.463 e. The number of ketones is 2. The number of carbonyl (C=O) groups is 4. The first-order chi connectivity index (χ1) is 35.1. The summed E-state index contributed by atoms with van der Waals surface area (Å²) >= 11 is 0. The van der Waals surface area contributed by atoms with Crippen molar-refractivity contribution in [2.45, 2.75) is 220 Å². The highest BCUT2D eigenvalue weighted by atomic mass is 19.4. The highest BCUT2D eigenvalue weighted by molar-refractivity contribution is 6.00. The van der Waals surface area contributed by atoms with E-state index in [1.165, 1.54) is 107 Å². The number of ether oxygens (including phenoxy) is 3.